The Balaban J connectivity index is 2.52. The molecule has 1 aromatic carbocycles. The molecule has 0 fully saturated rings. The predicted molar refractivity (Wildman–Crippen MR) is 76.5 cm³/mol. The van der Waals surface area contributed by atoms with Gasteiger partial charge in [-0.1, -0.05) is 25.6 Å². The Morgan fingerprint density at radius 2 is 1.95 bits per heavy atom. The van der Waals surface area contributed by atoms with Crippen molar-refractivity contribution in [2.45, 2.75) is 19.8 Å². The summed E-state index contributed by atoms with van der Waals surface area (Å²) in [7, 11) is 0. The largest absolute Gasteiger partial charge is 0.389 e. The van der Waals surface area contributed by atoms with Crippen molar-refractivity contribution in [2.24, 2.45) is 5.73 Å². The number of nitrogens with two attached hydrogens (primary N) is 1. The predicted octanol–water partition coefficient (Wildman–Crippen LogP) is 2.83. The highest BCUT2D eigenvalue weighted by molar-refractivity contribution is 7.80. The van der Waals surface area contributed by atoms with Gasteiger partial charge < -0.3 is 15.8 Å². The molecular weight excluding hydrogens is 270 g/mol. The second-order valence-corrected chi connectivity index (χ2v) is 4.51. The van der Waals surface area contributed by atoms with Crippen LogP contribution in [0.3, 0.4) is 0 Å². The fourth-order valence-electron chi connectivity index (χ4n) is 1.48. The van der Waals surface area contributed by atoms with E-state index in [4.69, 9.17) is 10.5 Å². The van der Waals surface area contributed by atoms with E-state index >= 15 is 0 Å². The monoisotopic (exact) mass is 288 g/mol. The first kappa shape index (κ1) is 15.8. The lowest BCUT2D eigenvalue weighted by molar-refractivity contribution is 0.141. The molecule has 19 heavy (non-hydrogen) atoms. The van der Waals surface area contributed by atoms with Crippen molar-refractivity contribution in [3.8, 4) is 0 Å². The molecule has 0 bridgehead atoms. The molecule has 0 saturated heterocycles. The van der Waals surface area contributed by atoms with Gasteiger partial charge in [0.2, 0.25) is 0 Å². The number of hydrogen-bond donors (Lipinski definition) is 2. The molecule has 1 aromatic rings. The molecule has 3 nitrogen and oxygen atoms in total. The smallest absolute Gasteiger partial charge is 0.150 e. The molecule has 0 saturated carbocycles. The molecule has 0 atom stereocenters. The van der Waals surface area contributed by atoms with E-state index in [1.165, 1.54) is 0 Å². The molecule has 1 rings (SSSR count). The van der Waals surface area contributed by atoms with Crippen LogP contribution < -0.4 is 11.1 Å². The van der Waals surface area contributed by atoms with Crippen LogP contribution in [0.2, 0.25) is 0 Å². The first-order valence-corrected chi connectivity index (χ1v) is 6.57. The zero-order chi connectivity index (χ0) is 14.3. The van der Waals surface area contributed by atoms with Gasteiger partial charge in [-0.2, -0.15) is 0 Å². The van der Waals surface area contributed by atoms with Gasteiger partial charge in [-0.15, -0.1) is 0 Å². The van der Waals surface area contributed by atoms with Crippen LogP contribution in [-0.2, 0) is 4.74 Å². The summed E-state index contributed by atoms with van der Waals surface area (Å²) < 4.78 is 32.6. The number of ether oxygens (including phenoxy) is 1. The highest BCUT2D eigenvalue weighted by Crippen LogP contribution is 2.20. The van der Waals surface area contributed by atoms with Crippen molar-refractivity contribution in [2.75, 3.05) is 25.1 Å². The molecule has 0 unspecified atom stereocenters. The standard InChI is InChI=1S/C13H18F2N2OS/c1-2-3-5-18-6-4-17-12-10(14)7-9(13(16)19)8-11(12)15/h7-8,17H,2-6H2,1H3,(H2,16,19). The zero-order valence-electron chi connectivity index (χ0n) is 10.8. The summed E-state index contributed by atoms with van der Waals surface area (Å²) in [5, 5.41) is 2.67. The molecule has 6 heteroatoms. The van der Waals surface area contributed by atoms with Crippen molar-refractivity contribution in [3.63, 3.8) is 0 Å². The minimum atomic E-state index is -0.712. The van der Waals surface area contributed by atoms with Crippen LogP contribution in [0.15, 0.2) is 12.1 Å². The van der Waals surface area contributed by atoms with Crippen molar-refractivity contribution < 1.29 is 13.5 Å². The molecule has 0 spiro atoms. The first-order chi connectivity index (χ1) is 9.06. The molecule has 0 aromatic heterocycles. The molecular formula is C13H18F2N2OS. The quantitative estimate of drug-likeness (QED) is 0.570. The van der Waals surface area contributed by atoms with Gasteiger partial charge in [0, 0.05) is 18.7 Å². The van der Waals surface area contributed by atoms with Gasteiger partial charge in [-0.3, -0.25) is 0 Å². The van der Waals surface area contributed by atoms with E-state index in [1.54, 1.807) is 0 Å². The second-order valence-electron chi connectivity index (χ2n) is 4.07. The van der Waals surface area contributed by atoms with E-state index in [-0.39, 0.29) is 16.2 Å². The third-order valence-electron chi connectivity index (χ3n) is 2.52. The molecule has 0 aliphatic rings. The van der Waals surface area contributed by atoms with Gasteiger partial charge in [0.1, 0.15) is 22.3 Å². The highest BCUT2D eigenvalue weighted by Gasteiger charge is 2.11. The van der Waals surface area contributed by atoms with Gasteiger partial charge in [0.25, 0.3) is 0 Å². The molecule has 106 valence electrons. The van der Waals surface area contributed by atoms with E-state index in [1.807, 2.05) is 0 Å². The van der Waals surface area contributed by atoms with Crippen LogP contribution in [0.1, 0.15) is 25.3 Å². The summed E-state index contributed by atoms with van der Waals surface area (Å²) in [6.45, 7) is 3.46. The van der Waals surface area contributed by atoms with Crippen LogP contribution in [0.25, 0.3) is 0 Å². The van der Waals surface area contributed by atoms with Gasteiger partial charge in [0.15, 0.2) is 0 Å². The van der Waals surface area contributed by atoms with Crippen molar-refractivity contribution in [1.29, 1.82) is 0 Å². The van der Waals surface area contributed by atoms with Gasteiger partial charge in [-0.25, -0.2) is 8.78 Å². The summed E-state index contributed by atoms with van der Waals surface area (Å²) in [5.74, 6) is -1.42. The van der Waals surface area contributed by atoms with E-state index in [0.29, 0.717) is 19.8 Å². The highest BCUT2D eigenvalue weighted by atomic mass is 32.1. The second kappa shape index (κ2) is 8.01. The van der Waals surface area contributed by atoms with Gasteiger partial charge in [-0.05, 0) is 18.6 Å². The summed E-state index contributed by atoms with van der Waals surface area (Å²) in [5.41, 5.74) is 5.32. The molecule has 0 aliphatic carbocycles. The van der Waals surface area contributed by atoms with Crippen LogP contribution in [0, 0.1) is 11.6 Å². The Bertz CT molecular complexity index is 418. The lowest BCUT2D eigenvalue weighted by Crippen LogP contribution is -2.14. The molecule has 0 radical (unpaired) electrons. The minimum absolute atomic E-state index is 0.0350. The molecule has 0 amide bonds. The van der Waals surface area contributed by atoms with E-state index < -0.39 is 11.6 Å². The average Bonchev–Trinajstić information content (AvgIpc) is 2.35. The molecule has 0 aliphatic heterocycles. The van der Waals surface area contributed by atoms with Crippen LogP contribution in [0.5, 0.6) is 0 Å². The summed E-state index contributed by atoms with van der Waals surface area (Å²) in [4.78, 5) is -0.0350. The van der Waals surface area contributed by atoms with Gasteiger partial charge in [0.05, 0.1) is 6.61 Å². The summed E-state index contributed by atoms with van der Waals surface area (Å²) >= 11 is 4.68. The first-order valence-electron chi connectivity index (χ1n) is 6.16. The van der Waals surface area contributed by atoms with Crippen molar-refractivity contribution >= 4 is 22.9 Å². The maximum Gasteiger partial charge on any atom is 0.150 e. The average molecular weight is 288 g/mol. The van der Waals surface area contributed by atoms with Crippen LogP contribution in [0.4, 0.5) is 14.5 Å². The topological polar surface area (TPSA) is 47.3 Å². The molecule has 0 heterocycles. The van der Waals surface area contributed by atoms with Crippen LogP contribution >= 0.6 is 12.2 Å². The number of benzene rings is 1. The maximum atomic E-state index is 13.6. The SMILES string of the molecule is CCCCOCCNc1c(F)cc(C(N)=S)cc1F. The fourth-order valence-corrected chi connectivity index (χ4v) is 1.60. The van der Waals surface area contributed by atoms with Gasteiger partial charge >= 0.3 is 0 Å². The number of unbranched alkanes of at least 4 members (excludes halogenated alkanes) is 1. The third kappa shape index (κ3) is 5.08. The Morgan fingerprint density at radius 3 is 2.47 bits per heavy atom. The lowest BCUT2D eigenvalue weighted by Gasteiger charge is -2.10. The Labute approximate surface area is 117 Å². The number of halogens is 2. The Hall–Kier alpha value is -1.27. The number of hydrogen-bond acceptors (Lipinski definition) is 3. The number of anilines is 1. The normalized spacial score (nSPS) is 10.5. The number of thiocarbonyl (C=S) groups is 1. The number of rotatable bonds is 8. The summed E-state index contributed by atoms with van der Waals surface area (Å²) in [6, 6.07) is 2.23. The Kier molecular flexibility index (Phi) is 6.66. The maximum absolute atomic E-state index is 13.6. The van der Waals surface area contributed by atoms with E-state index in [2.05, 4.69) is 24.5 Å². The van der Waals surface area contributed by atoms with E-state index in [0.717, 1.165) is 25.0 Å². The lowest BCUT2D eigenvalue weighted by atomic mass is 10.2. The zero-order valence-corrected chi connectivity index (χ0v) is 11.7. The summed E-state index contributed by atoms with van der Waals surface area (Å²) in [6.07, 6.45) is 2.03. The van der Waals surface area contributed by atoms with Crippen molar-refractivity contribution in [3.05, 3.63) is 29.3 Å². The Morgan fingerprint density at radius 1 is 1.32 bits per heavy atom. The number of nitrogens with one attached hydrogen (secondary N) is 1. The van der Waals surface area contributed by atoms with Crippen molar-refractivity contribution in [1.82, 2.24) is 0 Å². The van der Waals surface area contributed by atoms with E-state index in [9.17, 15) is 8.78 Å². The third-order valence-corrected chi connectivity index (χ3v) is 2.75. The van der Waals surface area contributed by atoms with Crippen LogP contribution in [-0.4, -0.2) is 24.7 Å². The minimum Gasteiger partial charge on any atom is -0.389 e. The molecule has 3 N–H and O–H groups in total. The fraction of sp³-hybridized carbons (Fsp3) is 0.462.